The fourth-order valence-corrected chi connectivity index (χ4v) is 4.24. The number of carboxylic acids is 1. The lowest BCUT2D eigenvalue weighted by atomic mass is 9.75. The molecule has 0 saturated carbocycles. The molecule has 0 aromatic heterocycles. The fraction of sp³-hybridized carbons (Fsp3) is 0.286. The molecule has 2 aliphatic rings. The van der Waals surface area contributed by atoms with Gasteiger partial charge in [-0.15, -0.1) is 0 Å². The van der Waals surface area contributed by atoms with Crippen LogP contribution in [0, 0.1) is 19.8 Å². The lowest BCUT2D eigenvalue weighted by molar-refractivity contribution is 0.0696. The van der Waals surface area contributed by atoms with Gasteiger partial charge in [0.1, 0.15) is 0 Å². The molecule has 0 radical (unpaired) electrons. The highest BCUT2D eigenvalue weighted by Crippen LogP contribution is 2.51. The van der Waals surface area contributed by atoms with E-state index in [-0.39, 0.29) is 6.04 Å². The Labute approximate surface area is 142 Å². The lowest BCUT2D eigenvalue weighted by Crippen LogP contribution is -2.30. The molecule has 0 fully saturated rings. The summed E-state index contributed by atoms with van der Waals surface area (Å²) in [7, 11) is 0. The molecule has 3 atom stereocenters. The van der Waals surface area contributed by atoms with E-state index in [0.717, 1.165) is 17.7 Å². The van der Waals surface area contributed by atoms with Crippen molar-refractivity contribution in [2.45, 2.75) is 32.2 Å². The summed E-state index contributed by atoms with van der Waals surface area (Å²) < 4.78 is 0. The van der Waals surface area contributed by atoms with E-state index in [0.29, 0.717) is 17.4 Å². The summed E-state index contributed by atoms with van der Waals surface area (Å²) in [5.41, 5.74) is 5.95. The standard InChI is InChI=1S/C21H21NO2/c1-12-5-3-6-14(11-12)20-17-8-4-7-16(17)18-10-9-15(21(23)24)13(2)19(18)22-20/h3-7,9-11,16-17,20,22H,8H2,1-2H3,(H,23,24)/t16-,17+,20+/m1/s1. The summed E-state index contributed by atoms with van der Waals surface area (Å²) in [5, 5.41) is 13.1. The molecule has 0 spiro atoms. The van der Waals surface area contributed by atoms with Gasteiger partial charge in [0.05, 0.1) is 11.6 Å². The Morgan fingerprint density at radius 2 is 2.04 bits per heavy atom. The van der Waals surface area contributed by atoms with Crippen LogP contribution in [0.5, 0.6) is 0 Å². The number of allylic oxidation sites excluding steroid dienone is 2. The first-order chi connectivity index (χ1) is 11.6. The van der Waals surface area contributed by atoms with Gasteiger partial charge >= 0.3 is 5.97 Å². The smallest absolute Gasteiger partial charge is 0.336 e. The van der Waals surface area contributed by atoms with E-state index in [2.05, 4.69) is 48.7 Å². The normalized spacial score (nSPS) is 24.2. The molecule has 0 saturated heterocycles. The van der Waals surface area contributed by atoms with Crippen LogP contribution in [0.3, 0.4) is 0 Å². The lowest BCUT2D eigenvalue weighted by Gasteiger charge is -2.38. The number of aromatic carboxylic acids is 1. The Bertz CT molecular complexity index is 853. The first-order valence-corrected chi connectivity index (χ1v) is 8.43. The van der Waals surface area contributed by atoms with Gasteiger partial charge in [-0.05, 0) is 48.9 Å². The van der Waals surface area contributed by atoms with E-state index >= 15 is 0 Å². The van der Waals surface area contributed by atoms with Crippen molar-refractivity contribution < 1.29 is 9.90 Å². The van der Waals surface area contributed by atoms with E-state index < -0.39 is 5.97 Å². The Morgan fingerprint density at radius 3 is 2.79 bits per heavy atom. The van der Waals surface area contributed by atoms with Crippen LogP contribution in [0.15, 0.2) is 48.6 Å². The van der Waals surface area contributed by atoms with E-state index in [1.807, 2.05) is 13.0 Å². The third-order valence-electron chi connectivity index (χ3n) is 5.43. The van der Waals surface area contributed by atoms with E-state index in [9.17, 15) is 9.90 Å². The van der Waals surface area contributed by atoms with Gasteiger partial charge in [-0.2, -0.15) is 0 Å². The predicted molar refractivity (Wildman–Crippen MR) is 95.7 cm³/mol. The van der Waals surface area contributed by atoms with Crippen molar-refractivity contribution in [2.24, 2.45) is 5.92 Å². The van der Waals surface area contributed by atoms with E-state index in [1.54, 1.807) is 6.07 Å². The Hall–Kier alpha value is -2.55. The highest BCUT2D eigenvalue weighted by molar-refractivity contribution is 5.92. The molecule has 0 bridgehead atoms. The average Bonchev–Trinajstić information content (AvgIpc) is 3.04. The van der Waals surface area contributed by atoms with E-state index in [4.69, 9.17) is 0 Å². The highest BCUT2D eigenvalue weighted by Gasteiger charge is 2.38. The summed E-state index contributed by atoms with van der Waals surface area (Å²) in [6, 6.07) is 12.5. The van der Waals surface area contributed by atoms with Crippen LogP contribution in [0.4, 0.5) is 5.69 Å². The van der Waals surface area contributed by atoms with Gasteiger partial charge in [-0.1, -0.05) is 48.0 Å². The minimum absolute atomic E-state index is 0.208. The molecule has 3 heteroatoms. The van der Waals surface area contributed by atoms with Crippen molar-refractivity contribution in [3.8, 4) is 0 Å². The zero-order valence-corrected chi connectivity index (χ0v) is 13.9. The van der Waals surface area contributed by atoms with Crippen molar-refractivity contribution >= 4 is 11.7 Å². The Morgan fingerprint density at radius 1 is 1.21 bits per heavy atom. The molecule has 0 amide bonds. The minimum atomic E-state index is -0.867. The molecule has 122 valence electrons. The second kappa shape index (κ2) is 5.52. The molecule has 3 nitrogen and oxygen atoms in total. The van der Waals surface area contributed by atoms with Gasteiger partial charge < -0.3 is 10.4 Å². The number of nitrogens with one attached hydrogen (secondary N) is 1. The molecule has 0 unspecified atom stereocenters. The SMILES string of the molecule is Cc1cccc([C@@H]2Nc3c(ccc(C(=O)O)c3C)[C@@H]3C=CC[C@@H]32)c1. The summed E-state index contributed by atoms with van der Waals surface area (Å²) in [6.07, 6.45) is 5.60. The number of fused-ring (bicyclic) bond motifs is 3. The Balaban J connectivity index is 1.85. The monoisotopic (exact) mass is 319 g/mol. The zero-order valence-electron chi connectivity index (χ0n) is 13.9. The largest absolute Gasteiger partial charge is 0.478 e. The van der Waals surface area contributed by atoms with Gasteiger partial charge in [0.2, 0.25) is 0 Å². The van der Waals surface area contributed by atoms with Crippen molar-refractivity contribution in [2.75, 3.05) is 5.32 Å². The fourth-order valence-electron chi connectivity index (χ4n) is 4.24. The molecule has 1 aliphatic carbocycles. The van der Waals surface area contributed by atoms with Crippen LogP contribution >= 0.6 is 0 Å². The second-order valence-electron chi connectivity index (χ2n) is 6.90. The molecule has 4 rings (SSSR count). The van der Waals surface area contributed by atoms with Crippen LogP contribution in [-0.4, -0.2) is 11.1 Å². The number of aryl methyl sites for hydroxylation is 1. The molecular weight excluding hydrogens is 298 g/mol. The topological polar surface area (TPSA) is 49.3 Å². The summed E-state index contributed by atoms with van der Waals surface area (Å²) in [4.78, 5) is 11.5. The maximum atomic E-state index is 11.5. The average molecular weight is 319 g/mol. The molecule has 1 heterocycles. The van der Waals surface area contributed by atoms with Crippen molar-refractivity contribution in [1.82, 2.24) is 0 Å². The van der Waals surface area contributed by atoms with Crippen LogP contribution in [0.2, 0.25) is 0 Å². The second-order valence-corrected chi connectivity index (χ2v) is 6.90. The summed E-state index contributed by atoms with van der Waals surface area (Å²) in [6.45, 7) is 4.01. The number of rotatable bonds is 2. The van der Waals surface area contributed by atoms with Gasteiger partial charge in [0.15, 0.2) is 0 Å². The third-order valence-corrected chi connectivity index (χ3v) is 5.43. The van der Waals surface area contributed by atoms with Gasteiger partial charge in [-0.25, -0.2) is 4.79 Å². The predicted octanol–water partition coefficient (Wildman–Crippen LogP) is 4.83. The first-order valence-electron chi connectivity index (χ1n) is 8.43. The van der Waals surface area contributed by atoms with Crippen LogP contribution in [0.1, 0.15) is 51.0 Å². The molecule has 2 N–H and O–H groups in total. The molecule has 24 heavy (non-hydrogen) atoms. The minimum Gasteiger partial charge on any atom is -0.478 e. The molecule has 2 aromatic carbocycles. The summed E-state index contributed by atoms with van der Waals surface area (Å²) in [5.74, 6) is -0.0315. The molecule has 2 aromatic rings. The van der Waals surface area contributed by atoms with Crippen molar-refractivity contribution in [1.29, 1.82) is 0 Å². The zero-order chi connectivity index (χ0) is 16.8. The van der Waals surface area contributed by atoms with Gasteiger partial charge in [0, 0.05) is 11.6 Å². The maximum absolute atomic E-state index is 11.5. The van der Waals surface area contributed by atoms with Gasteiger partial charge in [0.25, 0.3) is 0 Å². The van der Waals surface area contributed by atoms with Gasteiger partial charge in [-0.3, -0.25) is 0 Å². The van der Waals surface area contributed by atoms with Crippen molar-refractivity contribution in [3.63, 3.8) is 0 Å². The first kappa shape index (κ1) is 15.0. The number of hydrogen-bond donors (Lipinski definition) is 2. The van der Waals surface area contributed by atoms with Crippen LogP contribution in [0.25, 0.3) is 0 Å². The Kier molecular flexibility index (Phi) is 3.45. The number of carboxylic acid groups (broad SMARTS) is 1. The quantitative estimate of drug-likeness (QED) is 0.780. The highest BCUT2D eigenvalue weighted by atomic mass is 16.4. The molecular formula is C21H21NO2. The molecule has 1 aliphatic heterocycles. The number of carbonyl (C=O) groups is 1. The number of anilines is 1. The number of hydrogen-bond acceptors (Lipinski definition) is 2. The number of benzene rings is 2. The summed E-state index contributed by atoms with van der Waals surface area (Å²) >= 11 is 0. The van der Waals surface area contributed by atoms with Crippen LogP contribution < -0.4 is 5.32 Å². The maximum Gasteiger partial charge on any atom is 0.336 e. The van der Waals surface area contributed by atoms with Crippen molar-refractivity contribution in [3.05, 3.63) is 76.4 Å². The third kappa shape index (κ3) is 2.23. The van der Waals surface area contributed by atoms with Crippen LogP contribution in [-0.2, 0) is 0 Å². The van der Waals surface area contributed by atoms with E-state index in [1.165, 1.54) is 16.7 Å².